The largest absolute Gasteiger partial charge is 0.489 e. The Morgan fingerprint density at radius 2 is 2.20 bits per heavy atom. The molecule has 0 radical (unpaired) electrons. The third-order valence-electron chi connectivity index (χ3n) is 3.41. The van der Waals surface area contributed by atoms with Crippen molar-refractivity contribution in [3.8, 4) is 5.75 Å². The monoisotopic (exact) mass is 295 g/mol. The molecule has 1 aliphatic rings. The van der Waals surface area contributed by atoms with E-state index < -0.39 is 6.10 Å². The number of hydrogen-bond donors (Lipinski definition) is 2. The lowest BCUT2D eigenvalue weighted by Gasteiger charge is -2.14. The predicted octanol–water partition coefficient (Wildman–Crippen LogP) is 3.17. The summed E-state index contributed by atoms with van der Waals surface area (Å²) in [6.07, 6.45) is 6.65. The van der Waals surface area contributed by atoms with Crippen molar-refractivity contribution in [1.29, 1.82) is 0 Å². The summed E-state index contributed by atoms with van der Waals surface area (Å²) in [5, 5.41) is 13.7. The molecule has 1 aliphatic carbocycles. The van der Waals surface area contributed by atoms with E-state index in [1.54, 1.807) is 17.7 Å². The maximum absolute atomic E-state index is 9.85. The molecule has 0 bridgehead atoms. The van der Waals surface area contributed by atoms with E-state index in [0.717, 1.165) is 13.0 Å². The molecule has 0 saturated carbocycles. The van der Waals surface area contributed by atoms with Crippen LogP contribution in [0.2, 0.25) is 5.02 Å². The fraction of sp³-hybridized carbons (Fsp3) is 0.500. The summed E-state index contributed by atoms with van der Waals surface area (Å²) in [7, 11) is 0. The Balaban J connectivity index is 1.58. The minimum atomic E-state index is -0.524. The summed E-state index contributed by atoms with van der Waals surface area (Å²) < 4.78 is 5.50. The lowest BCUT2D eigenvalue weighted by molar-refractivity contribution is 0.107. The second kappa shape index (κ2) is 8.30. The number of ether oxygens (including phenoxy) is 1. The molecular formula is C16H22ClNO2. The van der Waals surface area contributed by atoms with Crippen LogP contribution in [-0.4, -0.2) is 30.9 Å². The van der Waals surface area contributed by atoms with Crippen LogP contribution in [0.4, 0.5) is 0 Å². The van der Waals surface area contributed by atoms with E-state index in [4.69, 9.17) is 16.3 Å². The van der Waals surface area contributed by atoms with Crippen LogP contribution < -0.4 is 10.1 Å². The van der Waals surface area contributed by atoms with Gasteiger partial charge < -0.3 is 15.2 Å². The number of para-hydroxylation sites is 1. The summed E-state index contributed by atoms with van der Waals surface area (Å²) in [6.45, 7) is 1.70. The highest BCUT2D eigenvalue weighted by molar-refractivity contribution is 6.32. The molecule has 0 amide bonds. The third kappa shape index (κ3) is 5.16. The van der Waals surface area contributed by atoms with E-state index in [0.29, 0.717) is 17.3 Å². The number of rotatable bonds is 8. The van der Waals surface area contributed by atoms with Gasteiger partial charge in [0, 0.05) is 6.54 Å². The maximum atomic E-state index is 9.85. The van der Waals surface area contributed by atoms with Crippen LogP contribution in [0.15, 0.2) is 35.9 Å². The lowest BCUT2D eigenvalue weighted by atomic mass is 10.2. The Morgan fingerprint density at radius 3 is 2.95 bits per heavy atom. The molecule has 0 aromatic heterocycles. The van der Waals surface area contributed by atoms with Crippen LogP contribution in [0, 0.1) is 0 Å². The van der Waals surface area contributed by atoms with Gasteiger partial charge in [-0.3, -0.25) is 0 Å². The Labute approximate surface area is 125 Å². The second-order valence-electron chi connectivity index (χ2n) is 5.10. The second-order valence-corrected chi connectivity index (χ2v) is 5.51. The van der Waals surface area contributed by atoms with Crippen LogP contribution in [0.1, 0.15) is 25.7 Å². The smallest absolute Gasteiger partial charge is 0.138 e. The lowest BCUT2D eigenvalue weighted by Crippen LogP contribution is -2.32. The van der Waals surface area contributed by atoms with Crippen molar-refractivity contribution in [2.45, 2.75) is 31.8 Å². The highest BCUT2D eigenvalue weighted by Crippen LogP contribution is 2.23. The van der Waals surface area contributed by atoms with Gasteiger partial charge in [-0.15, -0.1) is 0 Å². The summed E-state index contributed by atoms with van der Waals surface area (Å²) in [5.41, 5.74) is 1.54. The van der Waals surface area contributed by atoms with Gasteiger partial charge in [0.2, 0.25) is 0 Å². The van der Waals surface area contributed by atoms with Gasteiger partial charge in [-0.1, -0.05) is 35.4 Å². The Kier molecular flexibility index (Phi) is 6.37. The highest BCUT2D eigenvalue weighted by Gasteiger charge is 2.08. The van der Waals surface area contributed by atoms with Crippen molar-refractivity contribution in [3.63, 3.8) is 0 Å². The minimum absolute atomic E-state index is 0.249. The first-order valence-electron chi connectivity index (χ1n) is 7.19. The molecule has 0 spiro atoms. The quantitative estimate of drug-likeness (QED) is 0.572. The molecule has 20 heavy (non-hydrogen) atoms. The van der Waals surface area contributed by atoms with Gasteiger partial charge in [0.25, 0.3) is 0 Å². The zero-order chi connectivity index (χ0) is 14.2. The third-order valence-corrected chi connectivity index (χ3v) is 3.72. The van der Waals surface area contributed by atoms with Gasteiger partial charge in [-0.2, -0.15) is 0 Å². The summed E-state index contributed by atoms with van der Waals surface area (Å²) in [5.74, 6) is 0.615. The minimum Gasteiger partial charge on any atom is -0.489 e. The van der Waals surface area contributed by atoms with Crippen molar-refractivity contribution >= 4 is 11.6 Å². The molecule has 0 saturated heterocycles. The molecule has 1 aromatic carbocycles. The first-order valence-corrected chi connectivity index (χ1v) is 7.57. The van der Waals surface area contributed by atoms with Crippen LogP contribution >= 0.6 is 11.6 Å². The molecule has 1 aromatic rings. The molecule has 2 N–H and O–H groups in total. The number of aliphatic hydroxyl groups excluding tert-OH is 1. The number of allylic oxidation sites excluding steroid dienone is 1. The van der Waals surface area contributed by atoms with E-state index in [-0.39, 0.29) is 6.61 Å². The highest BCUT2D eigenvalue weighted by atomic mass is 35.5. The molecule has 0 fully saturated rings. The number of nitrogens with one attached hydrogen (secondary N) is 1. The number of benzene rings is 1. The van der Waals surface area contributed by atoms with Crippen molar-refractivity contribution < 1.29 is 9.84 Å². The zero-order valence-corrected chi connectivity index (χ0v) is 12.4. The topological polar surface area (TPSA) is 41.5 Å². The normalized spacial score (nSPS) is 16.0. The number of halogens is 1. The zero-order valence-electron chi connectivity index (χ0n) is 11.6. The molecule has 0 aliphatic heterocycles. The van der Waals surface area contributed by atoms with E-state index in [1.807, 2.05) is 12.1 Å². The summed E-state index contributed by atoms with van der Waals surface area (Å²) >= 11 is 5.98. The maximum Gasteiger partial charge on any atom is 0.138 e. The average molecular weight is 296 g/mol. The molecule has 2 rings (SSSR count). The summed E-state index contributed by atoms with van der Waals surface area (Å²) in [6, 6.07) is 7.29. The Bertz CT molecular complexity index is 448. The van der Waals surface area contributed by atoms with Gasteiger partial charge in [0.15, 0.2) is 0 Å². The Morgan fingerprint density at radius 1 is 1.35 bits per heavy atom. The van der Waals surface area contributed by atoms with Crippen molar-refractivity contribution in [3.05, 3.63) is 40.9 Å². The van der Waals surface area contributed by atoms with Crippen molar-refractivity contribution in [2.24, 2.45) is 0 Å². The van der Waals surface area contributed by atoms with E-state index in [1.165, 1.54) is 19.3 Å². The van der Waals surface area contributed by atoms with E-state index in [9.17, 15) is 5.11 Å². The first kappa shape index (κ1) is 15.4. The molecule has 4 heteroatoms. The molecule has 3 nitrogen and oxygen atoms in total. The standard InChI is InChI=1S/C16H22ClNO2/c17-15-7-3-4-8-16(15)20-12-14(19)11-18-10-9-13-5-1-2-6-13/h3-5,7-8,14,18-19H,1-2,6,9-12H2. The SMILES string of the molecule is OC(CNCCC1=CCCC1)COc1ccccc1Cl. The fourth-order valence-corrected chi connectivity index (χ4v) is 2.48. The predicted molar refractivity (Wildman–Crippen MR) is 82.4 cm³/mol. The van der Waals surface area contributed by atoms with Gasteiger partial charge >= 0.3 is 0 Å². The molecular weight excluding hydrogens is 274 g/mol. The van der Waals surface area contributed by atoms with Crippen molar-refractivity contribution in [1.82, 2.24) is 5.32 Å². The van der Waals surface area contributed by atoms with Gasteiger partial charge in [-0.05, 0) is 44.4 Å². The van der Waals surface area contributed by atoms with Gasteiger partial charge in [0.05, 0.1) is 5.02 Å². The molecule has 0 heterocycles. The van der Waals surface area contributed by atoms with Crippen LogP contribution in [0.25, 0.3) is 0 Å². The Hall–Kier alpha value is -1.03. The van der Waals surface area contributed by atoms with Gasteiger partial charge in [-0.25, -0.2) is 0 Å². The van der Waals surface area contributed by atoms with Crippen molar-refractivity contribution in [2.75, 3.05) is 19.7 Å². The first-order chi connectivity index (χ1) is 9.75. The van der Waals surface area contributed by atoms with Crippen LogP contribution in [0.3, 0.4) is 0 Å². The average Bonchev–Trinajstić information content (AvgIpc) is 2.96. The van der Waals surface area contributed by atoms with Gasteiger partial charge in [0.1, 0.15) is 18.5 Å². The summed E-state index contributed by atoms with van der Waals surface area (Å²) in [4.78, 5) is 0. The molecule has 1 atom stereocenters. The fourth-order valence-electron chi connectivity index (χ4n) is 2.29. The van der Waals surface area contributed by atoms with Crippen LogP contribution in [0.5, 0.6) is 5.75 Å². The number of aliphatic hydroxyl groups is 1. The van der Waals surface area contributed by atoms with E-state index >= 15 is 0 Å². The molecule has 110 valence electrons. The molecule has 1 unspecified atom stereocenters. The number of hydrogen-bond acceptors (Lipinski definition) is 3. The van der Waals surface area contributed by atoms with Crippen LogP contribution in [-0.2, 0) is 0 Å². The van der Waals surface area contributed by atoms with E-state index in [2.05, 4.69) is 11.4 Å².